The lowest BCUT2D eigenvalue weighted by Gasteiger charge is -2.25. The molecule has 32 heavy (non-hydrogen) atoms. The van der Waals surface area contributed by atoms with Gasteiger partial charge in [-0.1, -0.05) is 103 Å². The number of aromatic nitrogens is 1. The Morgan fingerprint density at radius 3 is 2.22 bits per heavy atom. The summed E-state index contributed by atoms with van der Waals surface area (Å²) in [5.41, 5.74) is 10.6. The summed E-state index contributed by atoms with van der Waals surface area (Å²) in [6, 6.07) is 37.2. The average Bonchev–Trinajstić information content (AvgIpc) is 3.20. The molecule has 0 aliphatic heterocycles. The van der Waals surface area contributed by atoms with E-state index in [1.54, 1.807) is 0 Å². The van der Waals surface area contributed by atoms with E-state index in [2.05, 4.69) is 127 Å². The number of aryl methyl sites for hydroxylation is 1. The van der Waals surface area contributed by atoms with Crippen molar-refractivity contribution in [2.24, 2.45) is 0 Å². The van der Waals surface area contributed by atoms with Gasteiger partial charge in [0, 0.05) is 33.8 Å². The molecular formula is C31H25N. The molecule has 1 aliphatic rings. The maximum absolute atomic E-state index is 2.52. The van der Waals surface area contributed by atoms with Crippen molar-refractivity contribution in [1.29, 1.82) is 0 Å². The first-order valence-electron chi connectivity index (χ1n) is 11.3. The van der Waals surface area contributed by atoms with E-state index in [1.807, 2.05) is 0 Å². The quantitative estimate of drug-likeness (QED) is 0.282. The summed E-state index contributed by atoms with van der Waals surface area (Å²) >= 11 is 0. The van der Waals surface area contributed by atoms with Gasteiger partial charge in [-0.2, -0.15) is 0 Å². The van der Waals surface area contributed by atoms with Crippen LogP contribution in [0.25, 0.3) is 33.8 Å². The van der Waals surface area contributed by atoms with Gasteiger partial charge in [-0.25, -0.2) is 0 Å². The first-order valence-corrected chi connectivity index (χ1v) is 11.3. The molecule has 154 valence electrons. The molecule has 1 heteroatoms. The van der Waals surface area contributed by atoms with Crippen LogP contribution in [0.15, 0.2) is 109 Å². The van der Waals surface area contributed by atoms with E-state index < -0.39 is 0 Å². The molecule has 1 nitrogen and oxygen atoms in total. The van der Waals surface area contributed by atoms with Crippen LogP contribution in [-0.4, -0.2) is 4.57 Å². The number of hydrogen-bond donors (Lipinski definition) is 0. The van der Waals surface area contributed by atoms with E-state index in [0.717, 1.165) is 6.42 Å². The molecule has 0 N–H and O–H groups in total. The van der Waals surface area contributed by atoms with Crippen molar-refractivity contribution in [2.45, 2.75) is 19.3 Å². The Morgan fingerprint density at radius 1 is 0.719 bits per heavy atom. The third kappa shape index (κ3) is 2.93. The van der Waals surface area contributed by atoms with E-state index >= 15 is 0 Å². The number of para-hydroxylation sites is 2. The van der Waals surface area contributed by atoms with Gasteiger partial charge in [0.15, 0.2) is 0 Å². The fourth-order valence-electron chi connectivity index (χ4n) is 5.28. The van der Waals surface area contributed by atoms with Gasteiger partial charge in [-0.15, -0.1) is 0 Å². The minimum Gasteiger partial charge on any atom is -0.312 e. The van der Waals surface area contributed by atoms with Crippen molar-refractivity contribution in [1.82, 2.24) is 4.57 Å². The van der Waals surface area contributed by atoms with Crippen LogP contribution >= 0.6 is 0 Å². The smallest absolute Gasteiger partial charge is 0.0616 e. The molecule has 0 saturated carbocycles. The molecule has 1 aromatic heterocycles. The van der Waals surface area contributed by atoms with Crippen molar-refractivity contribution in [2.75, 3.05) is 0 Å². The highest BCUT2D eigenvalue weighted by Gasteiger charge is 2.29. The molecule has 0 bridgehead atoms. The largest absolute Gasteiger partial charge is 0.312 e. The van der Waals surface area contributed by atoms with Gasteiger partial charge in [0.1, 0.15) is 0 Å². The average molecular weight is 412 g/mol. The minimum atomic E-state index is 0.326. The van der Waals surface area contributed by atoms with Crippen LogP contribution in [-0.2, 0) is 0 Å². The fraction of sp³-hybridized carbons (Fsp3) is 0.0968. The fourth-order valence-corrected chi connectivity index (χ4v) is 5.28. The first kappa shape index (κ1) is 18.9. The predicted molar refractivity (Wildman–Crippen MR) is 135 cm³/mol. The highest BCUT2D eigenvalue weighted by atomic mass is 15.0. The summed E-state index contributed by atoms with van der Waals surface area (Å²) in [4.78, 5) is 0. The maximum Gasteiger partial charge on any atom is 0.0616 e. The Bertz CT molecular complexity index is 1440. The third-order valence-electron chi connectivity index (χ3n) is 6.72. The summed E-state index contributed by atoms with van der Waals surface area (Å²) in [5.74, 6) is 0.326. The summed E-state index contributed by atoms with van der Waals surface area (Å²) in [5, 5.41) is 1.32. The third-order valence-corrected chi connectivity index (χ3v) is 6.72. The SMILES string of the molecule is Cc1ccccc1C1CC=Cc2c1n(-c1ccccc1)c1c(-c3ccccc3)cccc21. The van der Waals surface area contributed by atoms with Gasteiger partial charge in [0.2, 0.25) is 0 Å². The minimum absolute atomic E-state index is 0.326. The molecule has 0 radical (unpaired) electrons. The molecule has 0 amide bonds. The van der Waals surface area contributed by atoms with Crippen molar-refractivity contribution >= 4 is 17.0 Å². The lowest BCUT2D eigenvalue weighted by molar-refractivity contribution is 0.759. The van der Waals surface area contributed by atoms with Crippen LogP contribution in [0.2, 0.25) is 0 Å². The summed E-state index contributed by atoms with van der Waals surface area (Å²) in [6.45, 7) is 2.23. The number of allylic oxidation sites excluding steroid dienone is 1. The lowest BCUT2D eigenvalue weighted by Crippen LogP contribution is -2.12. The molecule has 1 atom stereocenters. The predicted octanol–water partition coefficient (Wildman–Crippen LogP) is 8.15. The van der Waals surface area contributed by atoms with E-state index in [4.69, 9.17) is 0 Å². The maximum atomic E-state index is 2.52. The molecule has 5 aromatic rings. The second-order valence-corrected chi connectivity index (χ2v) is 8.58. The van der Waals surface area contributed by atoms with Gasteiger partial charge in [0.25, 0.3) is 0 Å². The first-order chi connectivity index (χ1) is 15.8. The molecule has 4 aromatic carbocycles. The van der Waals surface area contributed by atoms with Crippen LogP contribution < -0.4 is 0 Å². The number of fused-ring (bicyclic) bond motifs is 3. The zero-order valence-electron chi connectivity index (χ0n) is 18.2. The molecule has 1 heterocycles. The highest BCUT2D eigenvalue weighted by Crippen LogP contribution is 2.45. The van der Waals surface area contributed by atoms with Gasteiger partial charge in [-0.05, 0) is 42.2 Å². The Kier molecular flexibility index (Phi) is 4.54. The summed E-state index contributed by atoms with van der Waals surface area (Å²) in [6.07, 6.45) is 5.70. The number of benzene rings is 4. The number of hydrogen-bond acceptors (Lipinski definition) is 0. The Morgan fingerprint density at radius 2 is 1.44 bits per heavy atom. The zero-order valence-corrected chi connectivity index (χ0v) is 18.2. The van der Waals surface area contributed by atoms with E-state index in [0.29, 0.717) is 5.92 Å². The van der Waals surface area contributed by atoms with Crippen LogP contribution in [0.4, 0.5) is 0 Å². The van der Waals surface area contributed by atoms with E-state index in [1.165, 1.54) is 50.1 Å². The highest BCUT2D eigenvalue weighted by molar-refractivity contribution is 6.02. The summed E-state index contributed by atoms with van der Waals surface area (Å²) in [7, 11) is 0. The van der Waals surface area contributed by atoms with Gasteiger partial charge in [0.05, 0.1) is 5.52 Å². The van der Waals surface area contributed by atoms with Crippen LogP contribution in [0, 0.1) is 6.92 Å². The molecule has 0 saturated heterocycles. The monoisotopic (exact) mass is 411 g/mol. The van der Waals surface area contributed by atoms with Crippen LogP contribution in [0.5, 0.6) is 0 Å². The van der Waals surface area contributed by atoms with Crippen molar-refractivity contribution in [3.63, 3.8) is 0 Å². The Balaban J connectivity index is 1.75. The van der Waals surface area contributed by atoms with Crippen molar-refractivity contribution in [3.05, 3.63) is 132 Å². The molecule has 0 fully saturated rings. The molecule has 6 rings (SSSR count). The van der Waals surface area contributed by atoms with Crippen LogP contribution in [0.1, 0.15) is 34.7 Å². The molecule has 1 aliphatic carbocycles. The van der Waals surface area contributed by atoms with E-state index in [-0.39, 0.29) is 0 Å². The Hall–Kier alpha value is -3.84. The van der Waals surface area contributed by atoms with Gasteiger partial charge >= 0.3 is 0 Å². The zero-order chi connectivity index (χ0) is 21.5. The standard InChI is InChI=1S/C31H25N/c1-22-12-8-9-17-25(22)27-19-11-21-29-28-20-10-18-26(23-13-4-2-5-14-23)30(28)32(31(27)29)24-15-6-3-7-16-24/h2-18,20-21,27H,19H2,1H3. The summed E-state index contributed by atoms with van der Waals surface area (Å²) < 4.78 is 2.52. The molecule has 1 unspecified atom stereocenters. The second-order valence-electron chi connectivity index (χ2n) is 8.58. The normalized spacial score (nSPS) is 15.1. The Labute approximate surface area is 189 Å². The number of nitrogens with zero attached hydrogens (tertiary/aromatic N) is 1. The van der Waals surface area contributed by atoms with Crippen molar-refractivity contribution in [3.8, 4) is 16.8 Å². The molecular weight excluding hydrogens is 386 g/mol. The number of rotatable bonds is 3. The molecule has 0 spiro atoms. The topological polar surface area (TPSA) is 4.93 Å². The van der Waals surface area contributed by atoms with Crippen LogP contribution in [0.3, 0.4) is 0 Å². The van der Waals surface area contributed by atoms with Gasteiger partial charge in [-0.3, -0.25) is 0 Å². The van der Waals surface area contributed by atoms with Crippen molar-refractivity contribution < 1.29 is 0 Å². The second kappa shape index (κ2) is 7.69. The lowest BCUT2D eigenvalue weighted by atomic mass is 9.84. The van der Waals surface area contributed by atoms with E-state index in [9.17, 15) is 0 Å². The van der Waals surface area contributed by atoms with Gasteiger partial charge < -0.3 is 4.57 Å².